The molecule has 0 saturated carbocycles. The molecule has 1 aliphatic heterocycles. The van der Waals surface area contributed by atoms with Gasteiger partial charge in [-0.2, -0.15) is 0 Å². The number of nitrogens with zero attached hydrogens (tertiary/aromatic N) is 2. The number of carbonyl (C=O) groups is 3. The molecule has 2 rings (SSSR count). The second-order valence-electron chi connectivity index (χ2n) is 5.34. The Kier molecular flexibility index (Phi) is 5.00. The van der Waals surface area contributed by atoms with Crippen molar-refractivity contribution in [1.29, 1.82) is 0 Å². The fraction of sp³-hybridized carbons (Fsp3) is 0.438. The predicted molar refractivity (Wildman–Crippen MR) is 84.7 cm³/mol. The number of aromatic nitrogens is 1. The van der Waals surface area contributed by atoms with E-state index < -0.39 is 17.8 Å². The molecule has 1 fully saturated rings. The van der Waals surface area contributed by atoms with Crippen molar-refractivity contribution < 1.29 is 19.1 Å². The van der Waals surface area contributed by atoms with Crippen molar-refractivity contribution in [3.8, 4) is 0 Å². The Morgan fingerprint density at radius 2 is 1.96 bits per heavy atom. The number of carbonyl (C=O) groups excluding carboxylic acids is 3. The summed E-state index contributed by atoms with van der Waals surface area (Å²) in [6.07, 6.45) is 1.54. The molecule has 1 saturated heterocycles. The molecule has 23 heavy (non-hydrogen) atoms. The fourth-order valence-corrected chi connectivity index (χ4v) is 2.64. The summed E-state index contributed by atoms with van der Waals surface area (Å²) in [5, 5.41) is 2.19. The van der Waals surface area contributed by atoms with Crippen LogP contribution in [-0.4, -0.2) is 47.6 Å². The van der Waals surface area contributed by atoms with E-state index in [0.717, 1.165) is 21.9 Å². The maximum atomic E-state index is 12.3. The van der Waals surface area contributed by atoms with Crippen LogP contribution in [-0.2, 0) is 20.9 Å². The lowest BCUT2D eigenvalue weighted by atomic mass is 10.1. The van der Waals surface area contributed by atoms with E-state index in [4.69, 9.17) is 4.74 Å². The molecule has 0 radical (unpaired) electrons. The van der Waals surface area contributed by atoms with E-state index in [0.29, 0.717) is 13.2 Å². The lowest BCUT2D eigenvalue weighted by molar-refractivity contribution is -0.129. The maximum absolute atomic E-state index is 12.3. The first kappa shape index (κ1) is 17.0. The van der Waals surface area contributed by atoms with Crippen LogP contribution in [0.5, 0.6) is 0 Å². The zero-order chi connectivity index (χ0) is 17.1. The first-order valence-electron chi connectivity index (χ1n) is 7.45. The average Bonchev–Trinajstić information content (AvgIpc) is 2.76. The highest BCUT2D eigenvalue weighted by atomic mass is 16.5. The highest BCUT2D eigenvalue weighted by Crippen LogP contribution is 2.20. The van der Waals surface area contributed by atoms with Gasteiger partial charge in [0, 0.05) is 31.6 Å². The molecule has 0 spiro atoms. The average molecular weight is 319 g/mol. The van der Waals surface area contributed by atoms with Gasteiger partial charge >= 0.3 is 6.03 Å². The molecule has 1 aliphatic rings. The van der Waals surface area contributed by atoms with Gasteiger partial charge in [-0.05, 0) is 38.5 Å². The van der Waals surface area contributed by atoms with Gasteiger partial charge in [0.05, 0.1) is 6.61 Å². The number of nitrogens with one attached hydrogen (secondary N) is 1. The van der Waals surface area contributed by atoms with Crippen molar-refractivity contribution in [2.75, 3.05) is 20.3 Å². The monoisotopic (exact) mass is 319 g/mol. The zero-order valence-electron chi connectivity index (χ0n) is 13.8. The summed E-state index contributed by atoms with van der Waals surface area (Å²) in [6, 6.07) is 1.23. The molecule has 0 aliphatic carbocycles. The molecule has 1 aromatic heterocycles. The number of amides is 4. The minimum Gasteiger partial charge on any atom is -0.383 e. The largest absolute Gasteiger partial charge is 0.383 e. The van der Waals surface area contributed by atoms with E-state index in [1.165, 1.54) is 0 Å². The molecule has 0 aromatic carbocycles. The number of barbiturate groups is 1. The Hall–Kier alpha value is -2.41. The minimum atomic E-state index is -0.676. The third-order valence-corrected chi connectivity index (χ3v) is 3.93. The van der Waals surface area contributed by atoms with E-state index >= 15 is 0 Å². The molecule has 4 amide bonds. The number of aryl methyl sites for hydroxylation is 1. The topological polar surface area (TPSA) is 80.6 Å². The third-order valence-electron chi connectivity index (χ3n) is 3.93. The van der Waals surface area contributed by atoms with Crippen LogP contribution >= 0.6 is 0 Å². The molecule has 0 unspecified atom stereocenters. The number of imide groups is 2. The fourth-order valence-electron chi connectivity index (χ4n) is 2.64. The summed E-state index contributed by atoms with van der Waals surface area (Å²) in [4.78, 5) is 36.9. The van der Waals surface area contributed by atoms with Crippen LogP contribution < -0.4 is 5.32 Å². The van der Waals surface area contributed by atoms with Crippen LogP contribution in [0.15, 0.2) is 11.6 Å². The Labute approximate surface area is 134 Å². The predicted octanol–water partition coefficient (Wildman–Crippen LogP) is 1.23. The van der Waals surface area contributed by atoms with Gasteiger partial charge in [-0.25, -0.2) is 4.79 Å². The summed E-state index contributed by atoms with van der Waals surface area (Å²) in [5.41, 5.74) is 2.70. The van der Waals surface area contributed by atoms with Crippen molar-refractivity contribution in [2.24, 2.45) is 0 Å². The lowest BCUT2D eigenvalue weighted by Crippen LogP contribution is -2.53. The minimum absolute atomic E-state index is 0.0292. The number of ether oxygens (including phenoxy) is 1. The summed E-state index contributed by atoms with van der Waals surface area (Å²) < 4.78 is 7.15. The zero-order valence-corrected chi connectivity index (χ0v) is 13.8. The van der Waals surface area contributed by atoms with E-state index in [1.54, 1.807) is 20.1 Å². The molecule has 1 aromatic rings. The SMILES string of the molecule is CCN1C(=O)NC(=O)/C(=C\c2cc(C)n(CCOC)c2C)C1=O. The Bertz CT molecular complexity index is 688. The molecule has 7 heteroatoms. The van der Waals surface area contributed by atoms with Gasteiger partial charge in [0.15, 0.2) is 0 Å². The van der Waals surface area contributed by atoms with Gasteiger partial charge < -0.3 is 9.30 Å². The van der Waals surface area contributed by atoms with Gasteiger partial charge in [0.25, 0.3) is 11.8 Å². The number of hydrogen-bond acceptors (Lipinski definition) is 4. The Morgan fingerprint density at radius 3 is 2.57 bits per heavy atom. The highest BCUT2D eigenvalue weighted by molar-refractivity contribution is 6.31. The van der Waals surface area contributed by atoms with Crippen LogP contribution in [0.25, 0.3) is 6.08 Å². The maximum Gasteiger partial charge on any atom is 0.331 e. The van der Waals surface area contributed by atoms with Crippen molar-refractivity contribution in [3.05, 3.63) is 28.6 Å². The molecule has 2 heterocycles. The summed E-state index contributed by atoms with van der Waals surface area (Å²) in [7, 11) is 1.64. The van der Waals surface area contributed by atoms with Gasteiger partial charge in [-0.15, -0.1) is 0 Å². The summed E-state index contributed by atoms with van der Waals surface area (Å²) >= 11 is 0. The van der Waals surface area contributed by atoms with E-state index in [9.17, 15) is 14.4 Å². The van der Waals surface area contributed by atoms with Crippen molar-refractivity contribution in [1.82, 2.24) is 14.8 Å². The van der Waals surface area contributed by atoms with Gasteiger partial charge in [-0.3, -0.25) is 19.8 Å². The number of methoxy groups -OCH3 is 1. The molecule has 1 N–H and O–H groups in total. The number of likely N-dealkylation sites (N-methyl/N-ethyl adjacent to an activating group) is 1. The molecule has 0 atom stereocenters. The number of rotatable bonds is 5. The molecule has 124 valence electrons. The standard InChI is InChI=1S/C16H21N3O4/c1-5-18-15(21)13(14(20)17-16(18)22)9-12-8-10(2)19(11(12)3)6-7-23-4/h8-9H,5-7H2,1-4H3,(H,17,20,22)/b13-9+. The van der Waals surface area contributed by atoms with E-state index in [1.807, 2.05) is 19.9 Å². The van der Waals surface area contributed by atoms with E-state index in [-0.39, 0.29) is 12.1 Å². The van der Waals surface area contributed by atoms with Crippen LogP contribution in [0.1, 0.15) is 23.9 Å². The van der Waals surface area contributed by atoms with Crippen LogP contribution in [0.4, 0.5) is 4.79 Å². The Balaban J connectivity index is 2.39. The molecule has 7 nitrogen and oxygen atoms in total. The first-order valence-corrected chi connectivity index (χ1v) is 7.45. The van der Waals surface area contributed by atoms with Crippen LogP contribution in [0.2, 0.25) is 0 Å². The summed E-state index contributed by atoms with van der Waals surface area (Å²) in [5.74, 6) is -1.23. The molecule has 0 bridgehead atoms. The van der Waals surface area contributed by atoms with Crippen LogP contribution in [0, 0.1) is 13.8 Å². The molecular weight excluding hydrogens is 298 g/mol. The third kappa shape index (κ3) is 3.19. The second kappa shape index (κ2) is 6.78. The van der Waals surface area contributed by atoms with Crippen molar-refractivity contribution >= 4 is 23.9 Å². The van der Waals surface area contributed by atoms with Gasteiger partial charge in [-0.1, -0.05) is 0 Å². The van der Waals surface area contributed by atoms with Gasteiger partial charge in [0.1, 0.15) is 5.57 Å². The number of urea groups is 1. The highest BCUT2D eigenvalue weighted by Gasteiger charge is 2.34. The molecular formula is C16H21N3O4. The van der Waals surface area contributed by atoms with Crippen molar-refractivity contribution in [2.45, 2.75) is 27.3 Å². The quantitative estimate of drug-likeness (QED) is 0.654. The first-order chi connectivity index (χ1) is 10.9. The van der Waals surface area contributed by atoms with Gasteiger partial charge in [0.2, 0.25) is 0 Å². The smallest absolute Gasteiger partial charge is 0.331 e. The number of hydrogen-bond donors (Lipinski definition) is 1. The van der Waals surface area contributed by atoms with Crippen LogP contribution in [0.3, 0.4) is 0 Å². The van der Waals surface area contributed by atoms with Crippen molar-refractivity contribution in [3.63, 3.8) is 0 Å². The second-order valence-corrected chi connectivity index (χ2v) is 5.34. The van der Waals surface area contributed by atoms with E-state index in [2.05, 4.69) is 9.88 Å². The Morgan fingerprint density at radius 1 is 1.26 bits per heavy atom. The summed E-state index contributed by atoms with van der Waals surface area (Å²) in [6.45, 7) is 7.03. The normalized spacial score (nSPS) is 17.1. The lowest BCUT2D eigenvalue weighted by Gasteiger charge is -2.24.